The van der Waals surface area contributed by atoms with Crippen LogP contribution in [-0.4, -0.2) is 20.9 Å². The van der Waals surface area contributed by atoms with Gasteiger partial charge in [-0.1, -0.05) is 102 Å². The lowest BCUT2D eigenvalue weighted by Gasteiger charge is -2.26. The first-order valence-corrected chi connectivity index (χ1v) is 13.4. The van der Waals surface area contributed by atoms with Crippen LogP contribution < -0.4 is 9.62 Å². The van der Waals surface area contributed by atoms with Crippen LogP contribution in [0.2, 0.25) is 10.0 Å². The van der Waals surface area contributed by atoms with Crippen LogP contribution in [0.25, 0.3) is 0 Å². The number of carbonyl (C=O) groups is 1. The fourth-order valence-corrected chi connectivity index (χ4v) is 5.76. The first-order chi connectivity index (χ1) is 17.2. The molecule has 4 aromatic carbocycles. The van der Waals surface area contributed by atoms with Crippen molar-refractivity contribution < 1.29 is 13.2 Å². The quantitative estimate of drug-likeness (QED) is 0.282. The molecule has 0 saturated carbocycles. The number of aryl methyl sites for hydroxylation is 1. The molecule has 8 heteroatoms. The van der Waals surface area contributed by atoms with Gasteiger partial charge in [0.25, 0.3) is 10.0 Å². The predicted octanol–water partition coefficient (Wildman–Crippen LogP) is 6.40. The Kier molecular flexibility index (Phi) is 7.99. The summed E-state index contributed by atoms with van der Waals surface area (Å²) >= 11 is 12.4. The molecule has 0 aliphatic rings. The van der Waals surface area contributed by atoms with Gasteiger partial charge in [-0.2, -0.15) is 0 Å². The standard InChI is InChI=1S/C28H24Cl2N2O3S/c1-20-12-14-22(15-13-20)28(21-8-4-2-5-9-21)31-27(33)19-32(25-17-23(29)16-24(30)18-25)36(34,35)26-10-6-3-7-11-26/h2-18,28H,19H2,1H3,(H,31,33)/t28-/m0/s1. The summed E-state index contributed by atoms with van der Waals surface area (Å²) in [6.45, 7) is 1.52. The highest BCUT2D eigenvalue weighted by Gasteiger charge is 2.29. The number of hydrogen-bond acceptors (Lipinski definition) is 3. The number of sulfonamides is 1. The van der Waals surface area contributed by atoms with E-state index in [4.69, 9.17) is 23.2 Å². The Bertz CT molecular complexity index is 1430. The van der Waals surface area contributed by atoms with Crippen molar-refractivity contribution in [1.82, 2.24) is 5.32 Å². The molecule has 0 saturated heterocycles. The van der Waals surface area contributed by atoms with E-state index in [1.807, 2.05) is 61.5 Å². The summed E-state index contributed by atoms with van der Waals surface area (Å²) in [6.07, 6.45) is 0. The number of carbonyl (C=O) groups excluding carboxylic acids is 1. The lowest BCUT2D eigenvalue weighted by atomic mass is 9.98. The number of nitrogens with one attached hydrogen (secondary N) is 1. The van der Waals surface area contributed by atoms with Gasteiger partial charge in [-0.3, -0.25) is 9.10 Å². The maximum Gasteiger partial charge on any atom is 0.264 e. The number of halogens is 2. The Morgan fingerprint density at radius 1 is 0.806 bits per heavy atom. The molecule has 0 aliphatic carbocycles. The van der Waals surface area contributed by atoms with E-state index >= 15 is 0 Å². The summed E-state index contributed by atoms with van der Waals surface area (Å²) in [5.41, 5.74) is 3.04. The summed E-state index contributed by atoms with van der Waals surface area (Å²) < 4.78 is 28.2. The fraction of sp³-hybridized carbons (Fsp3) is 0.107. The molecule has 0 spiro atoms. The summed E-state index contributed by atoms with van der Waals surface area (Å²) in [6, 6.07) is 29.2. The third-order valence-corrected chi connectivity index (χ3v) is 7.83. The average molecular weight is 539 g/mol. The largest absolute Gasteiger partial charge is 0.344 e. The molecule has 0 aliphatic heterocycles. The summed E-state index contributed by atoms with van der Waals surface area (Å²) in [5.74, 6) is -0.486. The molecule has 4 aromatic rings. The third kappa shape index (κ3) is 6.08. The zero-order valence-electron chi connectivity index (χ0n) is 19.4. The van der Waals surface area contributed by atoms with Crippen LogP contribution in [0.4, 0.5) is 5.69 Å². The van der Waals surface area contributed by atoms with Gasteiger partial charge in [0.1, 0.15) is 6.54 Å². The molecule has 1 N–H and O–H groups in total. The molecule has 1 amide bonds. The van der Waals surface area contributed by atoms with Crippen molar-refractivity contribution in [3.63, 3.8) is 0 Å². The van der Waals surface area contributed by atoms with Crippen LogP contribution in [-0.2, 0) is 14.8 Å². The van der Waals surface area contributed by atoms with Crippen LogP contribution in [0.3, 0.4) is 0 Å². The molecular formula is C28H24Cl2N2O3S. The monoisotopic (exact) mass is 538 g/mol. The Balaban J connectivity index is 1.70. The highest BCUT2D eigenvalue weighted by Crippen LogP contribution is 2.30. The first-order valence-electron chi connectivity index (χ1n) is 11.2. The topological polar surface area (TPSA) is 66.5 Å². The second kappa shape index (κ2) is 11.2. The van der Waals surface area contributed by atoms with Crippen molar-refractivity contribution in [2.24, 2.45) is 0 Å². The number of rotatable bonds is 8. The van der Waals surface area contributed by atoms with E-state index in [0.717, 1.165) is 21.0 Å². The lowest BCUT2D eigenvalue weighted by molar-refractivity contribution is -0.120. The minimum atomic E-state index is -4.10. The molecule has 1 atom stereocenters. The van der Waals surface area contributed by atoms with E-state index in [-0.39, 0.29) is 20.6 Å². The summed E-state index contributed by atoms with van der Waals surface area (Å²) in [4.78, 5) is 13.5. The second-order valence-corrected chi connectivity index (χ2v) is 11.0. The van der Waals surface area contributed by atoms with E-state index in [2.05, 4.69) is 5.32 Å². The molecule has 4 rings (SSSR count). The molecule has 0 radical (unpaired) electrons. The maximum absolute atomic E-state index is 13.6. The molecule has 5 nitrogen and oxygen atoms in total. The van der Waals surface area contributed by atoms with Crippen LogP contribution >= 0.6 is 23.2 Å². The Morgan fingerprint density at radius 3 is 1.92 bits per heavy atom. The molecule has 0 heterocycles. The van der Waals surface area contributed by atoms with Crippen molar-refractivity contribution in [2.75, 3.05) is 10.8 Å². The molecule has 0 fully saturated rings. The van der Waals surface area contributed by atoms with E-state index in [1.54, 1.807) is 18.2 Å². The molecule has 0 bridgehead atoms. The maximum atomic E-state index is 13.6. The number of benzene rings is 4. The zero-order chi connectivity index (χ0) is 25.7. The van der Waals surface area contributed by atoms with Gasteiger partial charge in [0.15, 0.2) is 0 Å². The Hall–Kier alpha value is -3.32. The minimum Gasteiger partial charge on any atom is -0.344 e. The highest BCUT2D eigenvalue weighted by molar-refractivity contribution is 7.92. The molecular weight excluding hydrogens is 515 g/mol. The van der Waals surface area contributed by atoms with Gasteiger partial charge in [-0.15, -0.1) is 0 Å². The van der Waals surface area contributed by atoms with Crippen molar-refractivity contribution in [2.45, 2.75) is 17.9 Å². The van der Waals surface area contributed by atoms with Gasteiger partial charge in [0.2, 0.25) is 5.91 Å². The number of anilines is 1. The van der Waals surface area contributed by atoms with Gasteiger partial charge in [-0.05, 0) is 48.4 Å². The predicted molar refractivity (Wildman–Crippen MR) is 145 cm³/mol. The normalized spacial score (nSPS) is 12.1. The van der Waals surface area contributed by atoms with Crippen LogP contribution in [0.1, 0.15) is 22.7 Å². The van der Waals surface area contributed by atoms with Crippen LogP contribution in [0.15, 0.2) is 108 Å². The van der Waals surface area contributed by atoms with E-state index in [0.29, 0.717) is 0 Å². The van der Waals surface area contributed by atoms with Crippen molar-refractivity contribution in [3.8, 4) is 0 Å². The number of hydrogen-bond donors (Lipinski definition) is 1. The first kappa shape index (κ1) is 25.8. The zero-order valence-corrected chi connectivity index (χ0v) is 21.8. The van der Waals surface area contributed by atoms with Gasteiger partial charge in [-0.25, -0.2) is 8.42 Å². The highest BCUT2D eigenvalue weighted by atomic mass is 35.5. The van der Waals surface area contributed by atoms with E-state index < -0.39 is 28.5 Å². The van der Waals surface area contributed by atoms with Crippen LogP contribution in [0.5, 0.6) is 0 Å². The smallest absolute Gasteiger partial charge is 0.264 e. The Labute approximate surface area is 221 Å². The molecule has 0 aromatic heterocycles. The van der Waals surface area contributed by atoms with E-state index in [9.17, 15) is 13.2 Å². The molecule has 0 unspecified atom stereocenters. The SMILES string of the molecule is Cc1ccc([C@@H](NC(=O)CN(c2cc(Cl)cc(Cl)c2)S(=O)(=O)c2ccccc2)c2ccccc2)cc1. The van der Waals surface area contributed by atoms with Crippen molar-refractivity contribution in [3.05, 3.63) is 130 Å². The fourth-order valence-electron chi connectivity index (χ4n) is 3.82. The van der Waals surface area contributed by atoms with Crippen LogP contribution in [0, 0.1) is 6.92 Å². The average Bonchev–Trinajstić information content (AvgIpc) is 2.87. The summed E-state index contributed by atoms with van der Waals surface area (Å²) in [7, 11) is -4.10. The summed E-state index contributed by atoms with van der Waals surface area (Å²) in [5, 5.41) is 3.53. The van der Waals surface area contributed by atoms with Crippen molar-refractivity contribution in [1.29, 1.82) is 0 Å². The van der Waals surface area contributed by atoms with E-state index in [1.165, 1.54) is 30.3 Å². The van der Waals surface area contributed by atoms with Crippen molar-refractivity contribution >= 4 is 44.8 Å². The van der Waals surface area contributed by atoms with Gasteiger partial charge in [0.05, 0.1) is 16.6 Å². The lowest BCUT2D eigenvalue weighted by Crippen LogP contribution is -2.42. The second-order valence-electron chi connectivity index (χ2n) is 8.27. The number of amides is 1. The van der Waals surface area contributed by atoms with Gasteiger partial charge in [0, 0.05) is 10.0 Å². The number of nitrogens with zero attached hydrogens (tertiary/aromatic N) is 1. The Morgan fingerprint density at radius 2 is 1.33 bits per heavy atom. The van der Waals surface area contributed by atoms with Gasteiger partial charge < -0.3 is 5.32 Å². The molecule has 36 heavy (non-hydrogen) atoms. The van der Waals surface area contributed by atoms with Gasteiger partial charge >= 0.3 is 0 Å². The molecule has 184 valence electrons. The minimum absolute atomic E-state index is 0.0482. The third-order valence-electron chi connectivity index (χ3n) is 5.60.